The first-order valence-corrected chi connectivity index (χ1v) is 7.29. The van der Waals surface area contributed by atoms with Crippen molar-refractivity contribution in [3.05, 3.63) is 13.8 Å². The molecule has 0 aromatic carbocycles. The Morgan fingerprint density at radius 2 is 1.47 bits per heavy atom. The number of hydrogen-bond acceptors (Lipinski definition) is 4. The van der Waals surface area contributed by atoms with Gasteiger partial charge in [-0.25, -0.2) is 0 Å². The van der Waals surface area contributed by atoms with E-state index in [9.17, 15) is 0 Å². The molecule has 0 aliphatic rings. The Kier molecular flexibility index (Phi) is 98.5. The molecule has 0 aliphatic heterocycles. The minimum absolute atomic E-state index is 0. The van der Waals surface area contributed by atoms with Crippen molar-refractivity contribution in [2.75, 3.05) is 34.8 Å². The average molecular weight is 870 g/mol. The molecule has 0 saturated carbocycles. The molecule has 0 bridgehead atoms. The standard InChI is InChI=1S/C4H10NS.C2H4I.C2H7NS.2Rf/c1-2-6-4-3-5;1-2-3;3-1-2-4;;/h1-5H2;1-2H2;4H,1-3H2;;/q2*-1;;;. The molecule has 0 amide bonds. The molecule has 4 N–H and O–H groups in total. The van der Waals surface area contributed by atoms with Crippen LogP contribution >= 0.6 is 47.0 Å². The number of thiol groups is 1. The van der Waals surface area contributed by atoms with Crippen molar-refractivity contribution in [1.29, 1.82) is 0 Å². The summed E-state index contributed by atoms with van der Waals surface area (Å²) < 4.78 is 0.970. The summed E-state index contributed by atoms with van der Waals surface area (Å²) >= 11 is 7.74. The van der Waals surface area contributed by atoms with Gasteiger partial charge in [0.15, 0.2) is 0 Å². The maximum atomic E-state index is 5.17. The summed E-state index contributed by atoms with van der Waals surface area (Å²) in [6.45, 7) is 8.56. The Morgan fingerprint density at radius 1 is 1.13 bits per heavy atom. The van der Waals surface area contributed by atoms with E-state index in [1.165, 1.54) is 0 Å². The smallest absolute Gasteiger partial charge is 0.00300 e. The minimum atomic E-state index is 0. The van der Waals surface area contributed by atoms with Crippen molar-refractivity contribution < 1.29 is 0 Å². The van der Waals surface area contributed by atoms with Gasteiger partial charge in [-0.1, -0.05) is 0 Å². The Bertz CT molecular complexity index is 61.9. The van der Waals surface area contributed by atoms with Gasteiger partial charge in [0, 0.05) is 24.6 Å². The summed E-state index contributed by atoms with van der Waals surface area (Å²) in [5.74, 6) is 2.78. The molecular formula is C8H21IN2Rf2S2-2. The number of nitrogens with two attached hydrogens (primary N) is 2. The fourth-order valence-corrected chi connectivity index (χ4v) is 0.556. The van der Waals surface area contributed by atoms with E-state index < -0.39 is 0 Å². The third kappa shape index (κ3) is 153. The van der Waals surface area contributed by atoms with Crippen LogP contribution in [0.4, 0.5) is 0 Å². The van der Waals surface area contributed by atoms with Crippen molar-refractivity contribution in [1.82, 2.24) is 0 Å². The fourth-order valence-electron chi connectivity index (χ4n) is 0.185. The van der Waals surface area contributed by atoms with E-state index in [2.05, 4.69) is 49.1 Å². The third-order valence-corrected chi connectivity index (χ3v) is 1.61. The normalized spacial score (nSPS) is 6.80. The van der Waals surface area contributed by atoms with Crippen LogP contribution in [0.2, 0.25) is 0 Å². The van der Waals surface area contributed by atoms with E-state index in [1.54, 1.807) is 11.8 Å². The summed E-state index contributed by atoms with van der Waals surface area (Å²) in [7, 11) is 0. The molecule has 88 valence electrons. The minimum Gasteiger partial charge on any atom is -0.334 e. The van der Waals surface area contributed by atoms with Gasteiger partial charge in [-0.3, -0.25) is 0 Å². The topological polar surface area (TPSA) is 52.0 Å². The van der Waals surface area contributed by atoms with E-state index >= 15 is 0 Å². The molecule has 15 heavy (non-hydrogen) atoms. The Labute approximate surface area is 107 Å². The summed E-state index contributed by atoms with van der Waals surface area (Å²) in [4.78, 5) is 0. The fraction of sp³-hybridized carbons (Fsp3) is 0.750. The molecule has 0 saturated heterocycles. The quantitative estimate of drug-likeness (QED) is 0.133. The van der Waals surface area contributed by atoms with Gasteiger partial charge in [-0.2, -0.15) is 24.4 Å². The molecule has 7 heteroatoms. The zero-order valence-electron chi connectivity index (χ0n) is 9.46. The zero-order valence-corrected chi connectivity index (χ0v) is 26.1. The SMILES string of the molecule is NCCS.[CH2-]CI.[CH2-]CSCCN.[Rf].[Rf]. The molecule has 0 radical (unpaired) electrons. The van der Waals surface area contributed by atoms with Crippen LogP contribution in [0, 0.1) is 13.8 Å². The summed E-state index contributed by atoms with van der Waals surface area (Å²) in [5, 5.41) is 0. The van der Waals surface area contributed by atoms with Crippen LogP contribution in [0.5, 0.6) is 0 Å². The predicted molar refractivity (Wildman–Crippen MR) is 78.9 cm³/mol. The molecule has 0 rings (SSSR count). The van der Waals surface area contributed by atoms with Crippen LogP contribution in [0.1, 0.15) is 0 Å². The maximum Gasteiger partial charge on any atom is 0.00300 e. The van der Waals surface area contributed by atoms with Crippen LogP contribution in [-0.4, -0.2) is 34.8 Å². The molecule has 0 fully saturated rings. The van der Waals surface area contributed by atoms with E-state index in [0.717, 1.165) is 28.2 Å². The molecule has 2 nitrogen and oxygen atoms in total. The average Bonchev–Trinajstić information content (AvgIpc) is 2.16. The predicted octanol–water partition coefficient (Wildman–Crippen LogP) is 1.64. The number of rotatable bonds is 4. The largest absolute Gasteiger partial charge is 0.334 e. The molecule has 0 unspecified atom stereocenters. The Hall–Kier alpha value is -0.650. The van der Waals surface area contributed by atoms with Crippen LogP contribution < -0.4 is 11.5 Å². The van der Waals surface area contributed by atoms with E-state index in [-0.39, 0.29) is 0 Å². The molecule has 0 atom stereocenters. The van der Waals surface area contributed by atoms with E-state index in [4.69, 9.17) is 11.5 Å². The van der Waals surface area contributed by atoms with E-state index in [1.807, 2.05) is 0 Å². The van der Waals surface area contributed by atoms with Gasteiger partial charge in [0.1, 0.15) is 0 Å². The van der Waals surface area contributed by atoms with E-state index in [0.29, 0.717) is 6.54 Å². The second-order valence-electron chi connectivity index (χ2n) is 1.60. The molecule has 0 aromatic rings. The third-order valence-electron chi connectivity index (χ3n) is 0.536. The molecular weight excluding hydrogens is 849 g/mol. The first-order chi connectivity index (χ1) is 6.24. The summed E-state index contributed by atoms with van der Waals surface area (Å²) in [5.41, 5.74) is 10.1. The van der Waals surface area contributed by atoms with Crippen molar-refractivity contribution in [3.8, 4) is 0 Å². The van der Waals surface area contributed by atoms with Gasteiger partial charge in [-0.05, 0) is 0 Å². The maximum absolute atomic E-state index is 5.17. The molecule has 0 spiro atoms. The zero-order chi connectivity index (χ0) is 10.9. The van der Waals surface area contributed by atoms with Gasteiger partial charge < -0.3 is 25.3 Å². The van der Waals surface area contributed by atoms with Crippen molar-refractivity contribution >= 4 is 47.0 Å². The van der Waals surface area contributed by atoms with Gasteiger partial charge in [0.2, 0.25) is 0 Å². The van der Waals surface area contributed by atoms with Crippen LogP contribution in [0.25, 0.3) is 0 Å². The second kappa shape index (κ2) is 50.5. The Balaban J connectivity index is -0.0000000332. The van der Waals surface area contributed by atoms with Gasteiger partial charge in [0.25, 0.3) is 0 Å². The number of alkyl halides is 1. The number of halogens is 1. The monoisotopic (exact) mass is 870 g/mol. The molecule has 0 aromatic heterocycles. The van der Waals surface area contributed by atoms with Gasteiger partial charge in [0.05, 0.1) is 0 Å². The van der Waals surface area contributed by atoms with Crippen molar-refractivity contribution in [3.63, 3.8) is 0 Å². The second-order valence-corrected chi connectivity index (χ2v) is 4.35. The van der Waals surface area contributed by atoms with Crippen molar-refractivity contribution in [2.45, 2.75) is 0 Å². The summed E-state index contributed by atoms with van der Waals surface area (Å²) in [6, 6.07) is 0. The van der Waals surface area contributed by atoms with Gasteiger partial charge in [-0.15, -0.1) is 32.8 Å². The van der Waals surface area contributed by atoms with Crippen LogP contribution in [0.15, 0.2) is 0 Å². The Morgan fingerprint density at radius 3 is 1.53 bits per heavy atom. The number of thioether (sulfide) groups is 1. The first kappa shape index (κ1) is 29.3. The molecule has 0 heterocycles. The number of hydrogen-bond donors (Lipinski definition) is 3. The van der Waals surface area contributed by atoms with Crippen LogP contribution in [-0.2, 0) is 0 Å². The molecule has 0 aliphatic carbocycles. The van der Waals surface area contributed by atoms with Crippen LogP contribution in [0.3, 0.4) is 0 Å². The summed E-state index contributed by atoms with van der Waals surface area (Å²) in [6.07, 6.45) is 0. The van der Waals surface area contributed by atoms with Gasteiger partial charge >= 0.3 is 0 Å². The van der Waals surface area contributed by atoms with Crippen molar-refractivity contribution in [2.24, 2.45) is 11.5 Å². The first-order valence-electron chi connectivity index (χ1n) is 3.98.